The number of hydrogen-bond acceptors (Lipinski definition) is 3. The third-order valence-electron chi connectivity index (χ3n) is 4.25. The second-order valence-electron chi connectivity index (χ2n) is 5.61. The molecular formula is C16H24N2O2. The van der Waals surface area contributed by atoms with Crippen molar-refractivity contribution < 1.29 is 9.90 Å². The Labute approximate surface area is 120 Å². The Morgan fingerprint density at radius 2 is 1.90 bits per heavy atom. The van der Waals surface area contributed by atoms with Gasteiger partial charge in [-0.05, 0) is 43.7 Å². The summed E-state index contributed by atoms with van der Waals surface area (Å²) in [6, 6.07) is 9.29. The van der Waals surface area contributed by atoms with Gasteiger partial charge in [0.1, 0.15) is 0 Å². The van der Waals surface area contributed by atoms with Crippen molar-refractivity contribution >= 4 is 5.91 Å². The van der Waals surface area contributed by atoms with E-state index in [2.05, 4.69) is 5.32 Å². The summed E-state index contributed by atoms with van der Waals surface area (Å²) >= 11 is 0. The van der Waals surface area contributed by atoms with E-state index in [0.29, 0.717) is 5.92 Å². The van der Waals surface area contributed by atoms with Gasteiger partial charge < -0.3 is 16.2 Å². The molecule has 1 aliphatic carbocycles. The van der Waals surface area contributed by atoms with Crippen molar-refractivity contribution in [2.24, 2.45) is 17.6 Å². The van der Waals surface area contributed by atoms with Crippen molar-refractivity contribution in [3.8, 4) is 0 Å². The lowest BCUT2D eigenvalue weighted by Crippen LogP contribution is -2.37. The average molecular weight is 276 g/mol. The molecular weight excluding hydrogens is 252 g/mol. The molecule has 20 heavy (non-hydrogen) atoms. The molecule has 0 saturated heterocycles. The van der Waals surface area contributed by atoms with Gasteiger partial charge in [0.25, 0.3) is 0 Å². The van der Waals surface area contributed by atoms with E-state index in [1.54, 1.807) is 0 Å². The molecule has 0 spiro atoms. The van der Waals surface area contributed by atoms with Crippen LogP contribution < -0.4 is 11.1 Å². The number of benzene rings is 1. The van der Waals surface area contributed by atoms with E-state index < -0.39 is 0 Å². The highest BCUT2D eigenvalue weighted by Crippen LogP contribution is 2.28. The van der Waals surface area contributed by atoms with Crippen LogP contribution in [-0.4, -0.2) is 24.2 Å². The summed E-state index contributed by atoms with van der Waals surface area (Å²) in [7, 11) is 0. The van der Waals surface area contributed by atoms with Crippen LogP contribution in [0.1, 0.15) is 37.3 Å². The third-order valence-corrected chi connectivity index (χ3v) is 4.25. The van der Waals surface area contributed by atoms with Crippen LogP contribution in [0.15, 0.2) is 30.3 Å². The molecule has 0 aliphatic heterocycles. The minimum Gasteiger partial charge on any atom is -0.394 e. The Morgan fingerprint density at radius 1 is 1.25 bits per heavy atom. The van der Waals surface area contributed by atoms with Crippen LogP contribution >= 0.6 is 0 Å². The predicted molar refractivity (Wildman–Crippen MR) is 78.9 cm³/mol. The van der Waals surface area contributed by atoms with Gasteiger partial charge >= 0.3 is 0 Å². The van der Waals surface area contributed by atoms with Crippen molar-refractivity contribution in [3.05, 3.63) is 35.9 Å². The molecule has 1 atom stereocenters. The molecule has 1 amide bonds. The highest BCUT2D eigenvalue weighted by atomic mass is 16.3. The first kappa shape index (κ1) is 15.0. The van der Waals surface area contributed by atoms with Crippen LogP contribution in [0.3, 0.4) is 0 Å². The highest BCUT2D eigenvalue weighted by molar-refractivity contribution is 5.79. The largest absolute Gasteiger partial charge is 0.394 e. The van der Waals surface area contributed by atoms with Crippen molar-refractivity contribution in [1.29, 1.82) is 0 Å². The molecule has 1 aromatic carbocycles. The molecule has 0 unspecified atom stereocenters. The van der Waals surface area contributed by atoms with E-state index in [1.165, 1.54) is 0 Å². The van der Waals surface area contributed by atoms with Gasteiger partial charge in [0.05, 0.1) is 12.6 Å². The number of aliphatic hydroxyl groups excluding tert-OH is 1. The molecule has 0 bridgehead atoms. The van der Waals surface area contributed by atoms with Crippen LogP contribution in [0, 0.1) is 11.8 Å². The number of nitrogens with two attached hydrogens (primary N) is 1. The lowest BCUT2D eigenvalue weighted by Gasteiger charge is -2.28. The van der Waals surface area contributed by atoms with Crippen molar-refractivity contribution in [2.75, 3.05) is 13.2 Å². The fraction of sp³-hybridized carbons (Fsp3) is 0.562. The molecule has 0 radical (unpaired) electrons. The highest BCUT2D eigenvalue weighted by Gasteiger charge is 2.27. The minimum absolute atomic E-state index is 0.0587. The summed E-state index contributed by atoms with van der Waals surface area (Å²) in [5, 5.41) is 12.4. The second-order valence-corrected chi connectivity index (χ2v) is 5.61. The van der Waals surface area contributed by atoms with Crippen LogP contribution in [0.25, 0.3) is 0 Å². The molecule has 0 heterocycles. The maximum Gasteiger partial charge on any atom is 0.223 e. The Morgan fingerprint density at radius 3 is 2.45 bits per heavy atom. The number of nitrogens with one attached hydrogen (secondary N) is 1. The van der Waals surface area contributed by atoms with Crippen LogP contribution in [-0.2, 0) is 4.79 Å². The van der Waals surface area contributed by atoms with Crippen LogP contribution in [0.5, 0.6) is 0 Å². The topological polar surface area (TPSA) is 75.4 Å². The minimum atomic E-state index is -0.309. The number of rotatable bonds is 5. The van der Waals surface area contributed by atoms with E-state index >= 15 is 0 Å². The molecule has 4 N–H and O–H groups in total. The first-order valence-electron chi connectivity index (χ1n) is 7.40. The zero-order valence-corrected chi connectivity index (χ0v) is 11.8. The van der Waals surface area contributed by atoms with Crippen molar-refractivity contribution in [1.82, 2.24) is 5.32 Å². The van der Waals surface area contributed by atoms with E-state index in [4.69, 9.17) is 5.73 Å². The van der Waals surface area contributed by atoms with Gasteiger partial charge in [-0.25, -0.2) is 0 Å². The Bertz CT molecular complexity index is 414. The Kier molecular flexibility index (Phi) is 5.56. The quantitative estimate of drug-likeness (QED) is 0.764. The molecule has 1 fully saturated rings. The number of carbonyl (C=O) groups is 1. The van der Waals surface area contributed by atoms with Crippen molar-refractivity contribution in [3.63, 3.8) is 0 Å². The standard InChI is InChI=1S/C16H24N2O2/c17-10-12-6-8-14(9-7-12)16(20)18-15(11-19)13-4-2-1-3-5-13/h1-5,12,14-15,19H,6-11,17H2,(H,18,20)/t12?,14?,15-/m1/s1. The molecule has 1 aromatic rings. The second kappa shape index (κ2) is 7.41. The zero-order valence-electron chi connectivity index (χ0n) is 11.8. The first-order valence-corrected chi connectivity index (χ1v) is 7.40. The van der Waals surface area contributed by atoms with Gasteiger partial charge in [-0.3, -0.25) is 4.79 Å². The molecule has 0 aromatic heterocycles. The number of hydrogen-bond donors (Lipinski definition) is 3. The summed E-state index contributed by atoms with van der Waals surface area (Å²) < 4.78 is 0. The maximum atomic E-state index is 12.3. The summed E-state index contributed by atoms with van der Waals surface area (Å²) in [6.45, 7) is 0.644. The van der Waals surface area contributed by atoms with Crippen LogP contribution in [0.4, 0.5) is 0 Å². The fourth-order valence-corrected chi connectivity index (χ4v) is 2.87. The van der Waals surface area contributed by atoms with E-state index in [9.17, 15) is 9.90 Å². The van der Waals surface area contributed by atoms with Crippen molar-refractivity contribution in [2.45, 2.75) is 31.7 Å². The molecule has 1 aliphatic rings. The Balaban J connectivity index is 1.90. The van der Waals surface area contributed by atoms with E-state index in [1.807, 2.05) is 30.3 Å². The lowest BCUT2D eigenvalue weighted by atomic mass is 9.81. The third kappa shape index (κ3) is 3.81. The fourth-order valence-electron chi connectivity index (χ4n) is 2.87. The number of aliphatic hydroxyl groups is 1. The molecule has 1 saturated carbocycles. The number of carbonyl (C=O) groups excluding carboxylic acids is 1. The summed E-state index contributed by atoms with van der Waals surface area (Å²) in [6.07, 6.45) is 3.87. The van der Waals surface area contributed by atoms with E-state index in [-0.39, 0.29) is 24.5 Å². The Hall–Kier alpha value is -1.39. The molecule has 4 heteroatoms. The van der Waals surface area contributed by atoms with Crippen LogP contribution in [0.2, 0.25) is 0 Å². The van der Waals surface area contributed by atoms with Gasteiger partial charge in [-0.1, -0.05) is 30.3 Å². The normalized spacial score (nSPS) is 24.1. The summed E-state index contributed by atoms with van der Waals surface area (Å²) in [5.74, 6) is 0.695. The van der Waals surface area contributed by atoms with E-state index in [0.717, 1.165) is 37.8 Å². The SMILES string of the molecule is NCC1CCC(C(=O)N[C@H](CO)c2ccccc2)CC1. The predicted octanol–water partition coefficient (Wildman–Crippen LogP) is 1.60. The smallest absolute Gasteiger partial charge is 0.223 e. The van der Waals surface area contributed by atoms with Gasteiger partial charge in [-0.2, -0.15) is 0 Å². The summed E-state index contributed by atoms with van der Waals surface area (Å²) in [5.41, 5.74) is 6.61. The van der Waals surface area contributed by atoms with Gasteiger partial charge in [0.2, 0.25) is 5.91 Å². The molecule has 4 nitrogen and oxygen atoms in total. The molecule has 110 valence electrons. The summed E-state index contributed by atoms with van der Waals surface area (Å²) in [4.78, 5) is 12.3. The monoisotopic (exact) mass is 276 g/mol. The lowest BCUT2D eigenvalue weighted by molar-refractivity contribution is -0.127. The number of amides is 1. The average Bonchev–Trinajstić information content (AvgIpc) is 2.53. The van der Waals surface area contributed by atoms with Gasteiger partial charge in [0.15, 0.2) is 0 Å². The zero-order chi connectivity index (χ0) is 14.4. The molecule has 2 rings (SSSR count). The van der Waals surface area contributed by atoms with Gasteiger partial charge in [-0.15, -0.1) is 0 Å². The maximum absolute atomic E-state index is 12.3. The van der Waals surface area contributed by atoms with Gasteiger partial charge in [0, 0.05) is 5.92 Å². The first-order chi connectivity index (χ1) is 9.74.